The molecule has 0 amide bonds. The first-order chi connectivity index (χ1) is 8.70. The first-order valence-corrected chi connectivity index (χ1v) is 7.21. The van der Waals surface area contributed by atoms with E-state index in [4.69, 9.17) is 4.74 Å². The summed E-state index contributed by atoms with van der Waals surface area (Å²) in [5, 5.41) is 4.65. The lowest BCUT2D eigenvalue weighted by Crippen LogP contribution is -2.32. The van der Waals surface area contributed by atoms with E-state index >= 15 is 0 Å². The van der Waals surface area contributed by atoms with Crippen molar-refractivity contribution < 1.29 is 4.74 Å². The van der Waals surface area contributed by atoms with Crippen LogP contribution in [0.3, 0.4) is 0 Å². The highest BCUT2D eigenvalue weighted by molar-refractivity contribution is 7.18. The third-order valence-electron chi connectivity index (χ3n) is 2.79. The Morgan fingerprint density at radius 1 is 1.33 bits per heavy atom. The molecule has 0 radical (unpaired) electrons. The predicted molar refractivity (Wildman–Crippen MR) is 77.1 cm³/mol. The van der Waals surface area contributed by atoms with E-state index < -0.39 is 0 Å². The molecular formula is C14H20N2OS. The molecule has 98 valence electrons. The summed E-state index contributed by atoms with van der Waals surface area (Å²) in [4.78, 5) is 4.66. The van der Waals surface area contributed by atoms with Gasteiger partial charge in [0.1, 0.15) is 5.01 Å². The molecule has 2 unspecified atom stereocenters. The molecule has 1 aromatic carbocycles. The van der Waals surface area contributed by atoms with E-state index in [1.807, 2.05) is 13.0 Å². The molecule has 2 rings (SSSR count). The van der Waals surface area contributed by atoms with Gasteiger partial charge in [-0.2, -0.15) is 0 Å². The van der Waals surface area contributed by atoms with Crippen LogP contribution < -0.4 is 5.32 Å². The van der Waals surface area contributed by atoms with Gasteiger partial charge in [-0.05, 0) is 32.9 Å². The predicted octanol–water partition coefficient (Wildman–Crippen LogP) is 3.37. The van der Waals surface area contributed by atoms with Crippen LogP contribution in [0.2, 0.25) is 0 Å². The molecule has 0 aliphatic rings. The molecule has 2 atom stereocenters. The summed E-state index contributed by atoms with van der Waals surface area (Å²) in [5.74, 6) is 0. The van der Waals surface area contributed by atoms with Gasteiger partial charge in [0.2, 0.25) is 0 Å². The number of nitrogens with one attached hydrogen (secondary N) is 1. The Morgan fingerprint density at radius 3 is 2.83 bits per heavy atom. The number of rotatable bonds is 6. The third-order valence-corrected chi connectivity index (χ3v) is 4.01. The van der Waals surface area contributed by atoms with Crippen molar-refractivity contribution in [3.05, 3.63) is 29.3 Å². The number of nitrogens with zero attached hydrogens (tertiary/aromatic N) is 1. The summed E-state index contributed by atoms with van der Waals surface area (Å²) in [7, 11) is 0. The topological polar surface area (TPSA) is 34.1 Å². The smallest absolute Gasteiger partial charge is 0.111 e. The van der Waals surface area contributed by atoms with Gasteiger partial charge in [-0.1, -0.05) is 12.1 Å². The van der Waals surface area contributed by atoms with Crippen LogP contribution in [0, 0.1) is 0 Å². The molecular weight excluding hydrogens is 244 g/mol. The van der Waals surface area contributed by atoms with Crippen molar-refractivity contribution >= 4 is 21.6 Å². The molecule has 0 spiro atoms. The SMILES string of the molecule is CCOCC(C)NC(C)c1nc2ccccc2s1. The molecule has 3 nitrogen and oxygen atoms in total. The van der Waals surface area contributed by atoms with Gasteiger partial charge in [0, 0.05) is 12.6 Å². The van der Waals surface area contributed by atoms with Crippen molar-refractivity contribution in [2.24, 2.45) is 0 Å². The van der Waals surface area contributed by atoms with E-state index in [1.54, 1.807) is 11.3 Å². The molecule has 1 aromatic heterocycles. The number of hydrogen-bond acceptors (Lipinski definition) is 4. The summed E-state index contributed by atoms with van der Waals surface area (Å²) >= 11 is 1.76. The highest BCUT2D eigenvalue weighted by Crippen LogP contribution is 2.26. The minimum Gasteiger partial charge on any atom is -0.380 e. The van der Waals surface area contributed by atoms with Crippen LogP contribution in [-0.2, 0) is 4.74 Å². The standard InChI is InChI=1S/C14H20N2OS/c1-4-17-9-10(2)15-11(3)14-16-12-7-5-6-8-13(12)18-14/h5-8,10-11,15H,4,9H2,1-3H3. The van der Waals surface area contributed by atoms with Crippen LogP contribution >= 0.6 is 11.3 Å². The quantitative estimate of drug-likeness (QED) is 0.868. The van der Waals surface area contributed by atoms with Crippen LogP contribution in [0.4, 0.5) is 0 Å². The zero-order valence-corrected chi connectivity index (χ0v) is 12.0. The fourth-order valence-electron chi connectivity index (χ4n) is 1.92. The number of ether oxygens (including phenoxy) is 1. The van der Waals surface area contributed by atoms with Crippen LogP contribution in [0.1, 0.15) is 31.8 Å². The van der Waals surface area contributed by atoms with Gasteiger partial charge < -0.3 is 10.1 Å². The molecule has 0 aliphatic carbocycles. The maximum atomic E-state index is 5.41. The zero-order chi connectivity index (χ0) is 13.0. The van der Waals surface area contributed by atoms with E-state index in [-0.39, 0.29) is 6.04 Å². The number of para-hydroxylation sites is 1. The molecule has 0 aliphatic heterocycles. The molecule has 18 heavy (non-hydrogen) atoms. The Morgan fingerprint density at radius 2 is 2.11 bits per heavy atom. The molecule has 0 saturated heterocycles. The van der Waals surface area contributed by atoms with Gasteiger partial charge in [0.25, 0.3) is 0 Å². The van der Waals surface area contributed by atoms with Gasteiger partial charge in [0.15, 0.2) is 0 Å². The molecule has 2 aromatic rings. The Balaban J connectivity index is 2.01. The first-order valence-electron chi connectivity index (χ1n) is 6.40. The van der Waals surface area contributed by atoms with E-state index in [2.05, 4.69) is 42.3 Å². The lowest BCUT2D eigenvalue weighted by atomic mass is 10.3. The zero-order valence-electron chi connectivity index (χ0n) is 11.1. The minimum absolute atomic E-state index is 0.262. The van der Waals surface area contributed by atoms with E-state index in [9.17, 15) is 0 Å². The molecule has 4 heteroatoms. The summed E-state index contributed by atoms with van der Waals surface area (Å²) < 4.78 is 6.66. The molecule has 1 N–H and O–H groups in total. The average Bonchev–Trinajstić information content (AvgIpc) is 2.80. The normalized spacial score (nSPS) is 14.8. The monoisotopic (exact) mass is 264 g/mol. The van der Waals surface area contributed by atoms with Crippen molar-refractivity contribution in [3.63, 3.8) is 0 Å². The van der Waals surface area contributed by atoms with Gasteiger partial charge >= 0.3 is 0 Å². The number of hydrogen-bond donors (Lipinski definition) is 1. The van der Waals surface area contributed by atoms with E-state index in [0.717, 1.165) is 23.7 Å². The van der Waals surface area contributed by atoms with Crippen LogP contribution in [0.25, 0.3) is 10.2 Å². The number of fused-ring (bicyclic) bond motifs is 1. The van der Waals surface area contributed by atoms with Crippen LogP contribution in [0.5, 0.6) is 0 Å². The van der Waals surface area contributed by atoms with Crippen molar-refractivity contribution in [2.45, 2.75) is 32.9 Å². The van der Waals surface area contributed by atoms with Gasteiger partial charge in [-0.3, -0.25) is 0 Å². The molecule has 0 fully saturated rings. The second kappa shape index (κ2) is 6.27. The maximum Gasteiger partial charge on any atom is 0.111 e. The van der Waals surface area contributed by atoms with Crippen LogP contribution in [0.15, 0.2) is 24.3 Å². The number of thiazole rings is 1. The second-order valence-corrected chi connectivity index (χ2v) is 5.53. The lowest BCUT2D eigenvalue weighted by Gasteiger charge is -2.17. The summed E-state index contributed by atoms with van der Waals surface area (Å²) in [5.41, 5.74) is 1.09. The van der Waals surface area contributed by atoms with Gasteiger partial charge in [-0.15, -0.1) is 11.3 Å². The molecule has 0 saturated carbocycles. The van der Waals surface area contributed by atoms with Crippen molar-refractivity contribution in [2.75, 3.05) is 13.2 Å². The molecule has 0 bridgehead atoms. The van der Waals surface area contributed by atoms with Gasteiger partial charge in [0.05, 0.1) is 22.9 Å². The second-order valence-electron chi connectivity index (χ2n) is 4.47. The van der Waals surface area contributed by atoms with Crippen LogP contribution in [-0.4, -0.2) is 24.2 Å². The van der Waals surface area contributed by atoms with Crippen molar-refractivity contribution in [1.29, 1.82) is 0 Å². The highest BCUT2D eigenvalue weighted by Gasteiger charge is 2.13. The molecule has 1 heterocycles. The highest BCUT2D eigenvalue weighted by atomic mass is 32.1. The van der Waals surface area contributed by atoms with Crippen molar-refractivity contribution in [1.82, 2.24) is 10.3 Å². The first kappa shape index (κ1) is 13.5. The Kier molecular flexibility index (Phi) is 4.69. The van der Waals surface area contributed by atoms with E-state index in [0.29, 0.717) is 6.04 Å². The third kappa shape index (κ3) is 3.28. The largest absolute Gasteiger partial charge is 0.380 e. The Bertz CT molecular complexity index is 464. The van der Waals surface area contributed by atoms with E-state index in [1.165, 1.54) is 4.70 Å². The summed E-state index contributed by atoms with van der Waals surface area (Å²) in [6, 6.07) is 8.87. The average molecular weight is 264 g/mol. The summed E-state index contributed by atoms with van der Waals surface area (Å²) in [6.45, 7) is 7.82. The van der Waals surface area contributed by atoms with Gasteiger partial charge in [-0.25, -0.2) is 4.98 Å². The minimum atomic E-state index is 0.262. The number of aromatic nitrogens is 1. The fourth-order valence-corrected chi connectivity index (χ4v) is 2.90. The lowest BCUT2D eigenvalue weighted by molar-refractivity contribution is 0.124. The number of benzene rings is 1. The fraction of sp³-hybridized carbons (Fsp3) is 0.500. The Labute approximate surface area is 112 Å². The maximum absolute atomic E-state index is 5.41. The summed E-state index contributed by atoms with van der Waals surface area (Å²) in [6.07, 6.45) is 0. The Hall–Kier alpha value is -0.970. The van der Waals surface area contributed by atoms with Crippen molar-refractivity contribution in [3.8, 4) is 0 Å².